The lowest BCUT2D eigenvalue weighted by Crippen LogP contribution is -2.39. The van der Waals surface area contributed by atoms with Gasteiger partial charge in [0, 0.05) is 17.7 Å². The number of hydrogen-bond acceptors (Lipinski definition) is 5. The fourth-order valence-corrected chi connectivity index (χ4v) is 2.94. The van der Waals surface area contributed by atoms with Crippen molar-refractivity contribution in [3.05, 3.63) is 59.7 Å². The Kier molecular flexibility index (Phi) is 6.26. The third-order valence-corrected chi connectivity index (χ3v) is 4.28. The van der Waals surface area contributed by atoms with E-state index in [0.29, 0.717) is 29.2 Å². The van der Waals surface area contributed by atoms with Gasteiger partial charge in [-0.1, -0.05) is 43.3 Å². The van der Waals surface area contributed by atoms with Crippen molar-refractivity contribution < 1.29 is 23.9 Å². The number of esters is 1. The summed E-state index contributed by atoms with van der Waals surface area (Å²) in [7, 11) is 0. The van der Waals surface area contributed by atoms with E-state index in [1.807, 2.05) is 31.2 Å². The maximum Gasteiger partial charge on any atom is 0.318 e. The lowest BCUT2D eigenvalue weighted by atomic mass is 9.88. The fraction of sp³-hybridized carbons (Fsp3) is 0.286. The van der Waals surface area contributed by atoms with E-state index >= 15 is 0 Å². The Morgan fingerprint density at radius 1 is 0.929 bits per heavy atom. The largest absolute Gasteiger partial charge is 0.457 e. The Bertz CT molecular complexity index is 835. The van der Waals surface area contributed by atoms with E-state index in [4.69, 9.17) is 9.47 Å². The molecule has 2 N–H and O–H groups in total. The number of benzene rings is 2. The molecule has 1 heterocycles. The van der Waals surface area contributed by atoms with Crippen LogP contribution in [0.5, 0.6) is 11.5 Å². The summed E-state index contributed by atoms with van der Waals surface area (Å²) in [5.41, 5.74) is 1.37. The molecule has 1 aliphatic heterocycles. The molecular weight excluding hydrogens is 360 g/mol. The van der Waals surface area contributed by atoms with Crippen molar-refractivity contribution in [3.63, 3.8) is 0 Å². The third kappa shape index (κ3) is 4.49. The molecule has 0 aliphatic carbocycles. The van der Waals surface area contributed by atoms with Crippen molar-refractivity contribution >= 4 is 17.8 Å². The normalized spacial score (nSPS) is 12.2. The molecule has 0 fully saturated rings. The van der Waals surface area contributed by atoms with Crippen LogP contribution in [0.4, 0.5) is 0 Å². The molecule has 0 radical (unpaired) electrons. The van der Waals surface area contributed by atoms with E-state index in [1.165, 1.54) is 0 Å². The summed E-state index contributed by atoms with van der Waals surface area (Å²) >= 11 is 0. The van der Waals surface area contributed by atoms with E-state index in [1.54, 1.807) is 24.3 Å². The van der Waals surface area contributed by atoms with E-state index in [9.17, 15) is 14.4 Å². The van der Waals surface area contributed by atoms with Gasteiger partial charge in [0.05, 0.1) is 6.54 Å². The number of carbonyl (C=O) groups excluding carboxylic acids is 3. The molecule has 0 saturated heterocycles. The lowest BCUT2D eigenvalue weighted by Gasteiger charge is -2.26. The molecule has 2 aromatic carbocycles. The predicted molar refractivity (Wildman–Crippen MR) is 102 cm³/mol. The highest BCUT2D eigenvalue weighted by Crippen LogP contribution is 2.44. The molecular formula is C21H22N2O5. The van der Waals surface area contributed by atoms with Crippen LogP contribution >= 0.6 is 0 Å². The van der Waals surface area contributed by atoms with Gasteiger partial charge in [-0.2, -0.15) is 0 Å². The number of carbonyl (C=O) groups is 3. The number of para-hydroxylation sites is 2. The van der Waals surface area contributed by atoms with Crippen molar-refractivity contribution in [2.24, 2.45) is 0 Å². The third-order valence-electron chi connectivity index (χ3n) is 4.28. The predicted octanol–water partition coefficient (Wildman–Crippen LogP) is 2.11. The summed E-state index contributed by atoms with van der Waals surface area (Å²) < 4.78 is 11.1. The molecule has 3 rings (SSSR count). The van der Waals surface area contributed by atoms with Gasteiger partial charge in [0.1, 0.15) is 17.4 Å². The van der Waals surface area contributed by atoms with Gasteiger partial charge in [-0.25, -0.2) is 0 Å². The summed E-state index contributed by atoms with van der Waals surface area (Å²) in [5, 5.41) is 5.09. The topological polar surface area (TPSA) is 93.7 Å². The van der Waals surface area contributed by atoms with Gasteiger partial charge >= 0.3 is 5.97 Å². The van der Waals surface area contributed by atoms with E-state index in [2.05, 4.69) is 10.6 Å². The molecule has 2 amide bonds. The molecule has 0 saturated carbocycles. The zero-order valence-electron chi connectivity index (χ0n) is 15.6. The first kappa shape index (κ1) is 19.4. The molecule has 0 bridgehead atoms. The number of nitrogens with one attached hydrogen (secondary N) is 2. The number of amides is 2. The summed E-state index contributed by atoms with van der Waals surface area (Å²) in [5.74, 6) is -0.876. The zero-order chi connectivity index (χ0) is 19.9. The maximum absolute atomic E-state index is 12.8. The van der Waals surface area contributed by atoms with Crippen LogP contribution < -0.4 is 15.4 Å². The number of fused-ring (bicyclic) bond motifs is 2. The van der Waals surface area contributed by atoms with Crippen molar-refractivity contribution in [1.29, 1.82) is 0 Å². The lowest BCUT2D eigenvalue weighted by molar-refractivity contribution is -0.149. The molecule has 1 aliphatic rings. The molecule has 2 aromatic rings. The molecule has 0 aromatic heterocycles. The van der Waals surface area contributed by atoms with Crippen molar-refractivity contribution in [1.82, 2.24) is 10.6 Å². The summed E-state index contributed by atoms with van der Waals surface area (Å²) in [6.45, 7) is 1.87. The van der Waals surface area contributed by atoms with Crippen LogP contribution in [0.1, 0.15) is 30.4 Å². The molecule has 146 valence electrons. The minimum atomic E-state index is -0.679. The second-order valence-corrected chi connectivity index (χ2v) is 6.35. The average Bonchev–Trinajstić information content (AvgIpc) is 2.72. The highest BCUT2D eigenvalue weighted by Gasteiger charge is 2.33. The van der Waals surface area contributed by atoms with Crippen LogP contribution in [0.25, 0.3) is 0 Å². The average molecular weight is 382 g/mol. The number of hydrogen-bond donors (Lipinski definition) is 2. The van der Waals surface area contributed by atoms with Gasteiger partial charge in [-0.15, -0.1) is 0 Å². The fourth-order valence-electron chi connectivity index (χ4n) is 2.94. The van der Waals surface area contributed by atoms with Gasteiger partial charge in [0.2, 0.25) is 5.91 Å². The summed E-state index contributed by atoms with van der Waals surface area (Å²) in [4.78, 5) is 36.2. The van der Waals surface area contributed by atoms with Gasteiger partial charge in [0.15, 0.2) is 6.61 Å². The Hall–Kier alpha value is -3.35. The van der Waals surface area contributed by atoms with Crippen LogP contribution in [-0.4, -0.2) is 37.5 Å². The number of ether oxygens (including phenoxy) is 2. The van der Waals surface area contributed by atoms with Crippen molar-refractivity contribution in [3.8, 4) is 11.5 Å². The van der Waals surface area contributed by atoms with Gasteiger partial charge in [-0.3, -0.25) is 14.4 Å². The summed E-state index contributed by atoms with van der Waals surface area (Å²) in [6.07, 6.45) is 0.811. The first-order chi connectivity index (χ1) is 13.6. The maximum atomic E-state index is 12.8. The van der Waals surface area contributed by atoms with Crippen molar-refractivity contribution in [2.45, 2.75) is 19.3 Å². The van der Waals surface area contributed by atoms with Crippen LogP contribution in [0.2, 0.25) is 0 Å². The summed E-state index contributed by atoms with van der Waals surface area (Å²) in [6, 6.07) is 14.5. The molecule has 0 unspecified atom stereocenters. The second-order valence-electron chi connectivity index (χ2n) is 6.35. The molecule has 7 nitrogen and oxygen atoms in total. The van der Waals surface area contributed by atoms with Crippen LogP contribution in [0.15, 0.2) is 48.5 Å². The molecule has 7 heteroatoms. The monoisotopic (exact) mass is 382 g/mol. The van der Waals surface area contributed by atoms with Crippen LogP contribution in [0.3, 0.4) is 0 Å². The first-order valence-electron chi connectivity index (χ1n) is 9.16. The molecule has 0 spiro atoms. The highest BCUT2D eigenvalue weighted by molar-refractivity contribution is 5.89. The molecule has 28 heavy (non-hydrogen) atoms. The minimum Gasteiger partial charge on any atom is -0.457 e. The Morgan fingerprint density at radius 2 is 1.54 bits per heavy atom. The number of rotatable bonds is 7. The minimum absolute atomic E-state index is 0.153. The Morgan fingerprint density at radius 3 is 2.14 bits per heavy atom. The zero-order valence-corrected chi connectivity index (χ0v) is 15.6. The quantitative estimate of drug-likeness (QED) is 0.716. The second kappa shape index (κ2) is 9.03. The Labute approximate surface area is 163 Å². The van der Waals surface area contributed by atoms with Crippen molar-refractivity contribution in [2.75, 3.05) is 19.7 Å². The van der Waals surface area contributed by atoms with E-state index in [-0.39, 0.29) is 12.5 Å². The SMILES string of the molecule is CCCNC(=O)CNC(=O)COC(=O)C1c2ccccc2Oc2ccccc21. The standard InChI is InChI=1S/C21H22N2O5/c1-2-11-22-18(24)12-23-19(25)13-27-21(26)20-14-7-3-5-9-16(14)28-17-10-6-4-8-15(17)20/h3-10,20H,2,11-13H2,1H3,(H,22,24)(H,23,25). The molecule has 0 atom stereocenters. The smallest absolute Gasteiger partial charge is 0.318 e. The van der Waals surface area contributed by atoms with E-state index < -0.39 is 24.4 Å². The highest BCUT2D eigenvalue weighted by atomic mass is 16.5. The van der Waals surface area contributed by atoms with E-state index in [0.717, 1.165) is 6.42 Å². The van der Waals surface area contributed by atoms with Crippen LogP contribution in [-0.2, 0) is 19.1 Å². The van der Waals surface area contributed by atoms with Crippen LogP contribution in [0, 0.1) is 0 Å². The Balaban J connectivity index is 1.63. The van der Waals surface area contributed by atoms with Gasteiger partial charge < -0.3 is 20.1 Å². The van der Waals surface area contributed by atoms with Gasteiger partial charge in [0.25, 0.3) is 5.91 Å². The van der Waals surface area contributed by atoms with Gasteiger partial charge in [-0.05, 0) is 18.6 Å². The first-order valence-corrected chi connectivity index (χ1v) is 9.16.